The Morgan fingerprint density at radius 3 is 2.75 bits per heavy atom. The van der Waals surface area contributed by atoms with Crippen LogP contribution in [0.1, 0.15) is 13.3 Å². The SMILES string of the molecule is CCOC1CC(Nc2cc(Cl)cc(Br)c2OC)C1OC. The van der Waals surface area contributed by atoms with Crippen LogP contribution < -0.4 is 10.1 Å². The lowest BCUT2D eigenvalue weighted by atomic mass is 9.85. The summed E-state index contributed by atoms with van der Waals surface area (Å²) in [5.74, 6) is 0.740. The molecule has 4 nitrogen and oxygen atoms in total. The first-order valence-electron chi connectivity index (χ1n) is 6.54. The fraction of sp³-hybridized carbons (Fsp3) is 0.571. The van der Waals surface area contributed by atoms with Gasteiger partial charge in [-0.2, -0.15) is 0 Å². The monoisotopic (exact) mass is 363 g/mol. The van der Waals surface area contributed by atoms with E-state index in [2.05, 4.69) is 21.2 Å². The zero-order valence-corrected chi connectivity index (χ0v) is 14.1. The second-order valence-electron chi connectivity index (χ2n) is 4.65. The molecule has 0 bridgehead atoms. The van der Waals surface area contributed by atoms with E-state index in [4.69, 9.17) is 25.8 Å². The van der Waals surface area contributed by atoms with E-state index in [1.165, 1.54) is 0 Å². The molecule has 0 radical (unpaired) electrons. The van der Waals surface area contributed by atoms with Gasteiger partial charge in [0.25, 0.3) is 0 Å². The fourth-order valence-electron chi connectivity index (χ4n) is 2.49. The molecule has 1 fully saturated rings. The summed E-state index contributed by atoms with van der Waals surface area (Å²) in [5.41, 5.74) is 0.855. The molecule has 3 atom stereocenters. The molecule has 1 aliphatic rings. The molecule has 0 spiro atoms. The predicted molar refractivity (Wildman–Crippen MR) is 83.9 cm³/mol. The zero-order valence-electron chi connectivity index (χ0n) is 11.8. The maximum Gasteiger partial charge on any atom is 0.156 e. The average Bonchev–Trinajstić information content (AvgIpc) is 2.37. The Labute approximate surface area is 132 Å². The van der Waals surface area contributed by atoms with Crippen molar-refractivity contribution in [1.82, 2.24) is 0 Å². The average molecular weight is 365 g/mol. The molecule has 20 heavy (non-hydrogen) atoms. The van der Waals surface area contributed by atoms with Gasteiger partial charge in [0.05, 0.1) is 29.4 Å². The standard InChI is InChI=1S/C14H19BrClNO3/c1-4-20-12-7-11(14(12)19-3)17-10-6-8(16)5-9(15)13(10)18-2/h5-6,11-12,14,17H,4,7H2,1-3H3. The first kappa shape index (κ1) is 15.9. The lowest BCUT2D eigenvalue weighted by molar-refractivity contribution is -0.118. The number of hydrogen-bond donors (Lipinski definition) is 1. The lowest BCUT2D eigenvalue weighted by Gasteiger charge is -2.43. The van der Waals surface area contributed by atoms with Crippen LogP contribution >= 0.6 is 27.5 Å². The van der Waals surface area contributed by atoms with E-state index in [9.17, 15) is 0 Å². The first-order chi connectivity index (χ1) is 9.60. The van der Waals surface area contributed by atoms with Crippen LogP contribution in [-0.4, -0.2) is 39.1 Å². The maximum absolute atomic E-state index is 6.09. The van der Waals surface area contributed by atoms with Gasteiger partial charge in [0.2, 0.25) is 0 Å². The molecule has 3 unspecified atom stereocenters. The van der Waals surface area contributed by atoms with E-state index >= 15 is 0 Å². The molecular weight excluding hydrogens is 346 g/mol. The third-order valence-corrected chi connectivity index (χ3v) is 4.26. The Hall–Kier alpha value is -0.490. The second-order valence-corrected chi connectivity index (χ2v) is 5.94. The molecule has 0 aliphatic heterocycles. The molecular formula is C14H19BrClNO3. The van der Waals surface area contributed by atoms with Gasteiger partial charge in [0.1, 0.15) is 6.10 Å². The third-order valence-electron chi connectivity index (χ3n) is 3.46. The van der Waals surface area contributed by atoms with Gasteiger partial charge in [-0.1, -0.05) is 11.6 Å². The number of nitrogens with one attached hydrogen (secondary N) is 1. The molecule has 1 N–H and O–H groups in total. The maximum atomic E-state index is 6.09. The summed E-state index contributed by atoms with van der Waals surface area (Å²) in [7, 11) is 3.34. The molecule has 0 amide bonds. The second kappa shape index (κ2) is 6.98. The number of rotatable bonds is 6. The molecule has 1 saturated carbocycles. The quantitative estimate of drug-likeness (QED) is 0.835. The highest BCUT2D eigenvalue weighted by atomic mass is 79.9. The fourth-order valence-corrected chi connectivity index (χ4v) is 3.46. The first-order valence-corrected chi connectivity index (χ1v) is 7.71. The number of halogens is 2. The molecule has 2 rings (SSSR count). The predicted octanol–water partition coefficient (Wildman–Crippen LogP) is 3.72. The van der Waals surface area contributed by atoms with E-state index in [1.807, 2.05) is 19.1 Å². The van der Waals surface area contributed by atoms with Gasteiger partial charge in [-0.15, -0.1) is 0 Å². The zero-order chi connectivity index (χ0) is 14.7. The Bertz CT molecular complexity index is 472. The molecule has 0 heterocycles. The Morgan fingerprint density at radius 2 is 2.15 bits per heavy atom. The summed E-state index contributed by atoms with van der Waals surface area (Å²) in [6, 6.07) is 3.85. The van der Waals surface area contributed by atoms with Crippen LogP contribution in [0.3, 0.4) is 0 Å². The number of anilines is 1. The highest BCUT2D eigenvalue weighted by molar-refractivity contribution is 9.10. The van der Waals surface area contributed by atoms with Crippen LogP contribution in [0.2, 0.25) is 5.02 Å². The lowest BCUT2D eigenvalue weighted by Crippen LogP contribution is -2.56. The summed E-state index contributed by atoms with van der Waals surface area (Å²) in [6.07, 6.45) is 1.09. The number of hydrogen-bond acceptors (Lipinski definition) is 4. The van der Waals surface area contributed by atoms with Crippen LogP contribution in [0.15, 0.2) is 16.6 Å². The highest BCUT2D eigenvalue weighted by Crippen LogP contribution is 2.39. The van der Waals surface area contributed by atoms with Gasteiger partial charge < -0.3 is 19.5 Å². The van der Waals surface area contributed by atoms with E-state index in [-0.39, 0.29) is 18.2 Å². The summed E-state index contributed by atoms with van der Waals surface area (Å²) in [6.45, 7) is 2.69. The minimum atomic E-state index is 0.0393. The van der Waals surface area contributed by atoms with Crippen LogP contribution in [0.5, 0.6) is 5.75 Å². The van der Waals surface area contributed by atoms with Crippen LogP contribution in [0.25, 0.3) is 0 Å². The molecule has 1 aromatic carbocycles. The van der Waals surface area contributed by atoms with Crippen molar-refractivity contribution >= 4 is 33.2 Å². The third kappa shape index (κ3) is 3.22. The summed E-state index contributed by atoms with van der Waals surface area (Å²) < 4.78 is 17.3. The minimum Gasteiger partial charge on any atom is -0.493 e. The van der Waals surface area contributed by atoms with Gasteiger partial charge in [0.15, 0.2) is 5.75 Å². The van der Waals surface area contributed by atoms with Crippen molar-refractivity contribution < 1.29 is 14.2 Å². The van der Waals surface area contributed by atoms with Crippen molar-refractivity contribution in [2.45, 2.75) is 31.6 Å². The van der Waals surface area contributed by atoms with Crippen molar-refractivity contribution in [2.75, 3.05) is 26.1 Å². The number of benzene rings is 1. The summed E-state index contributed by atoms with van der Waals surface area (Å²) in [5, 5.41) is 4.07. The highest BCUT2D eigenvalue weighted by Gasteiger charge is 2.42. The molecule has 6 heteroatoms. The van der Waals surface area contributed by atoms with Crippen molar-refractivity contribution in [1.29, 1.82) is 0 Å². The van der Waals surface area contributed by atoms with E-state index in [1.54, 1.807) is 14.2 Å². The van der Waals surface area contributed by atoms with Crippen molar-refractivity contribution in [3.05, 3.63) is 21.6 Å². The molecule has 1 aliphatic carbocycles. The number of methoxy groups -OCH3 is 2. The Morgan fingerprint density at radius 1 is 1.40 bits per heavy atom. The summed E-state index contributed by atoms with van der Waals surface area (Å²) >= 11 is 9.54. The Balaban J connectivity index is 2.11. The van der Waals surface area contributed by atoms with Gasteiger partial charge in [0, 0.05) is 18.7 Å². The molecule has 0 saturated heterocycles. The normalized spacial score (nSPS) is 25.1. The van der Waals surface area contributed by atoms with Gasteiger partial charge in [-0.3, -0.25) is 0 Å². The van der Waals surface area contributed by atoms with Crippen LogP contribution in [-0.2, 0) is 9.47 Å². The molecule has 1 aromatic rings. The smallest absolute Gasteiger partial charge is 0.156 e. The van der Waals surface area contributed by atoms with Gasteiger partial charge >= 0.3 is 0 Å². The van der Waals surface area contributed by atoms with Crippen molar-refractivity contribution in [3.63, 3.8) is 0 Å². The summed E-state index contributed by atoms with van der Waals surface area (Å²) in [4.78, 5) is 0. The largest absolute Gasteiger partial charge is 0.493 e. The van der Waals surface area contributed by atoms with Crippen molar-refractivity contribution in [3.8, 4) is 5.75 Å². The van der Waals surface area contributed by atoms with Crippen LogP contribution in [0, 0.1) is 0 Å². The van der Waals surface area contributed by atoms with E-state index in [0.29, 0.717) is 11.6 Å². The molecule has 112 valence electrons. The van der Waals surface area contributed by atoms with Crippen LogP contribution in [0.4, 0.5) is 5.69 Å². The Kier molecular flexibility index (Phi) is 5.55. The van der Waals surface area contributed by atoms with Gasteiger partial charge in [-0.05, 0) is 41.4 Å². The molecule has 0 aromatic heterocycles. The van der Waals surface area contributed by atoms with E-state index in [0.717, 1.165) is 22.3 Å². The number of ether oxygens (including phenoxy) is 3. The van der Waals surface area contributed by atoms with Crippen molar-refractivity contribution in [2.24, 2.45) is 0 Å². The topological polar surface area (TPSA) is 39.7 Å². The minimum absolute atomic E-state index is 0.0393. The van der Waals surface area contributed by atoms with E-state index < -0.39 is 0 Å². The van der Waals surface area contributed by atoms with Gasteiger partial charge in [-0.25, -0.2) is 0 Å².